The van der Waals surface area contributed by atoms with Gasteiger partial charge in [-0.3, -0.25) is 4.79 Å². The number of amides is 1. The summed E-state index contributed by atoms with van der Waals surface area (Å²) < 4.78 is 13.3. The van der Waals surface area contributed by atoms with Gasteiger partial charge in [0.15, 0.2) is 0 Å². The number of nitrogens with zero attached hydrogens (tertiary/aromatic N) is 1. The van der Waals surface area contributed by atoms with Crippen molar-refractivity contribution >= 4 is 5.91 Å². The lowest BCUT2D eigenvalue weighted by Crippen LogP contribution is -2.44. The Morgan fingerprint density at radius 3 is 2.65 bits per heavy atom. The standard InChI is InChI=1S/C16H23FN2O/c1-12-11-13(7-8-15(12)17)16(20)19(10-9-18)14-5-3-2-4-6-14/h7-8,11,14H,2-6,9-10,18H2,1H3. The number of hydrogen-bond donors (Lipinski definition) is 1. The molecule has 1 saturated carbocycles. The molecule has 20 heavy (non-hydrogen) atoms. The van der Waals surface area contributed by atoms with Crippen molar-refractivity contribution < 1.29 is 9.18 Å². The number of benzene rings is 1. The van der Waals surface area contributed by atoms with E-state index in [1.807, 2.05) is 4.90 Å². The minimum absolute atomic E-state index is 0.0227. The zero-order valence-corrected chi connectivity index (χ0v) is 12.1. The molecule has 0 aromatic heterocycles. The van der Waals surface area contributed by atoms with Gasteiger partial charge in [-0.15, -0.1) is 0 Å². The molecule has 0 atom stereocenters. The fraction of sp³-hybridized carbons (Fsp3) is 0.562. The zero-order valence-electron chi connectivity index (χ0n) is 12.1. The van der Waals surface area contributed by atoms with Gasteiger partial charge in [0, 0.05) is 24.7 Å². The highest BCUT2D eigenvalue weighted by Crippen LogP contribution is 2.24. The molecule has 0 radical (unpaired) electrons. The van der Waals surface area contributed by atoms with Crippen molar-refractivity contribution in [2.24, 2.45) is 5.73 Å². The quantitative estimate of drug-likeness (QED) is 0.920. The third kappa shape index (κ3) is 3.37. The fourth-order valence-corrected chi connectivity index (χ4v) is 2.93. The highest BCUT2D eigenvalue weighted by atomic mass is 19.1. The molecule has 1 aliphatic rings. The Balaban J connectivity index is 2.18. The zero-order chi connectivity index (χ0) is 14.5. The van der Waals surface area contributed by atoms with Crippen LogP contribution in [0, 0.1) is 12.7 Å². The van der Waals surface area contributed by atoms with Crippen LogP contribution in [0.4, 0.5) is 4.39 Å². The normalized spacial score (nSPS) is 16.1. The molecule has 1 aromatic rings. The SMILES string of the molecule is Cc1cc(C(=O)N(CCN)C2CCCCC2)ccc1F. The molecule has 1 aliphatic carbocycles. The van der Waals surface area contributed by atoms with Crippen molar-refractivity contribution in [3.8, 4) is 0 Å². The molecular weight excluding hydrogens is 255 g/mol. The molecule has 1 aromatic carbocycles. The van der Waals surface area contributed by atoms with Crippen LogP contribution < -0.4 is 5.73 Å². The first kappa shape index (κ1) is 15.0. The molecule has 0 aliphatic heterocycles. The van der Waals surface area contributed by atoms with Crippen LogP contribution in [0.25, 0.3) is 0 Å². The predicted molar refractivity (Wildman–Crippen MR) is 78.1 cm³/mol. The van der Waals surface area contributed by atoms with E-state index < -0.39 is 0 Å². The minimum atomic E-state index is -0.274. The summed E-state index contributed by atoms with van der Waals surface area (Å²) in [6, 6.07) is 4.84. The second kappa shape index (κ2) is 6.84. The van der Waals surface area contributed by atoms with Gasteiger partial charge in [-0.25, -0.2) is 4.39 Å². The molecule has 4 heteroatoms. The van der Waals surface area contributed by atoms with Crippen LogP contribution in [0.1, 0.15) is 48.0 Å². The van der Waals surface area contributed by atoms with E-state index in [4.69, 9.17) is 5.73 Å². The molecular formula is C16H23FN2O. The number of rotatable bonds is 4. The average molecular weight is 278 g/mol. The van der Waals surface area contributed by atoms with Crippen LogP contribution >= 0.6 is 0 Å². The van der Waals surface area contributed by atoms with Gasteiger partial charge in [-0.05, 0) is 43.5 Å². The van der Waals surface area contributed by atoms with E-state index in [1.165, 1.54) is 25.3 Å². The number of hydrogen-bond acceptors (Lipinski definition) is 2. The van der Waals surface area contributed by atoms with Gasteiger partial charge in [0.1, 0.15) is 5.82 Å². The molecule has 2 N–H and O–H groups in total. The van der Waals surface area contributed by atoms with Crippen molar-refractivity contribution in [2.75, 3.05) is 13.1 Å². The Morgan fingerprint density at radius 2 is 2.05 bits per heavy atom. The molecule has 0 saturated heterocycles. The molecule has 3 nitrogen and oxygen atoms in total. The first-order chi connectivity index (χ1) is 9.63. The van der Waals surface area contributed by atoms with E-state index in [0.29, 0.717) is 24.2 Å². The summed E-state index contributed by atoms with van der Waals surface area (Å²) in [6.45, 7) is 2.71. The number of aryl methyl sites for hydroxylation is 1. The highest BCUT2D eigenvalue weighted by molar-refractivity contribution is 5.94. The molecule has 0 unspecified atom stereocenters. The molecule has 0 spiro atoms. The summed E-state index contributed by atoms with van der Waals surface area (Å²) >= 11 is 0. The summed E-state index contributed by atoms with van der Waals surface area (Å²) in [7, 11) is 0. The maximum absolute atomic E-state index is 13.3. The Hall–Kier alpha value is -1.42. The minimum Gasteiger partial charge on any atom is -0.334 e. The van der Waals surface area contributed by atoms with E-state index in [9.17, 15) is 9.18 Å². The monoisotopic (exact) mass is 278 g/mol. The summed E-state index contributed by atoms with van der Waals surface area (Å²) in [5, 5.41) is 0. The van der Waals surface area contributed by atoms with Crippen LogP contribution in [-0.2, 0) is 0 Å². The average Bonchev–Trinajstić information content (AvgIpc) is 2.48. The third-order valence-corrected chi connectivity index (χ3v) is 4.05. The summed E-state index contributed by atoms with van der Waals surface area (Å²) in [5.74, 6) is -0.296. The second-order valence-electron chi connectivity index (χ2n) is 5.54. The number of carbonyl (C=O) groups is 1. The van der Waals surface area contributed by atoms with Crippen LogP contribution in [0.5, 0.6) is 0 Å². The van der Waals surface area contributed by atoms with E-state index in [-0.39, 0.29) is 17.8 Å². The molecule has 2 rings (SSSR count). The van der Waals surface area contributed by atoms with Gasteiger partial charge in [-0.2, -0.15) is 0 Å². The van der Waals surface area contributed by atoms with Gasteiger partial charge in [0.25, 0.3) is 5.91 Å². The van der Waals surface area contributed by atoms with Crippen molar-refractivity contribution in [3.63, 3.8) is 0 Å². The Bertz CT molecular complexity index is 470. The van der Waals surface area contributed by atoms with Crippen molar-refractivity contribution in [3.05, 3.63) is 35.1 Å². The maximum Gasteiger partial charge on any atom is 0.254 e. The largest absolute Gasteiger partial charge is 0.334 e. The van der Waals surface area contributed by atoms with E-state index in [2.05, 4.69) is 0 Å². The summed E-state index contributed by atoms with van der Waals surface area (Å²) in [6.07, 6.45) is 5.68. The third-order valence-electron chi connectivity index (χ3n) is 4.05. The first-order valence-electron chi connectivity index (χ1n) is 7.40. The van der Waals surface area contributed by atoms with Gasteiger partial charge in [0.05, 0.1) is 0 Å². The van der Waals surface area contributed by atoms with Crippen LogP contribution in [-0.4, -0.2) is 29.9 Å². The predicted octanol–water partition coefficient (Wildman–Crippen LogP) is 2.87. The van der Waals surface area contributed by atoms with Crippen LogP contribution in [0.2, 0.25) is 0 Å². The van der Waals surface area contributed by atoms with E-state index >= 15 is 0 Å². The molecule has 0 heterocycles. The highest BCUT2D eigenvalue weighted by Gasteiger charge is 2.25. The van der Waals surface area contributed by atoms with Gasteiger partial charge < -0.3 is 10.6 Å². The topological polar surface area (TPSA) is 46.3 Å². The lowest BCUT2D eigenvalue weighted by atomic mass is 9.93. The van der Waals surface area contributed by atoms with E-state index in [1.54, 1.807) is 19.1 Å². The Labute approximate surface area is 120 Å². The van der Waals surface area contributed by atoms with Gasteiger partial charge in [0.2, 0.25) is 0 Å². The van der Waals surface area contributed by atoms with Crippen LogP contribution in [0.15, 0.2) is 18.2 Å². The molecule has 0 bridgehead atoms. The number of carbonyl (C=O) groups excluding carboxylic acids is 1. The number of halogens is 1. The molecule has 110 valence electrons. The van der Waals surface area contributed by atoms with Crippen molar-refractivity contribution in [1.82, 2.24) is 4.90 Å². The summed E-state index contributed by atoms with van der Waals surface area (Å²) in [4.78, 5) is 14.5. The lowest BCUT2D eigenvalue weighted by molar-refractivity contribution is 0.0641. The van der Waals surface area contributed by atoms with E-state index in [0.717, 1.165) is 12.8 Å². The Kier molecular flexibility index (Phi) is 5.12. The van der Waals surface area contributed by atoms with Gasteiger partial charge in [-0.1, -0.05) is 19.3 Å². The lowest BCUT2D eigenvalue weighted by Gasteiger charge is -2.34. The Morgan fingerprint density at radius 1 is 1.35 bits per heavy atom. The van der Waals surface area contributed by atoms with Gasteiger partial charge >= 0.3 is 0 Å². The second-order valence-corrected chi connectivity index (χ2v) is 5.54. The fourth-order valence-electron chi connectivity index (χ4n) is 2.93. The first-order valence-corrected chi connectivity index (χ1v) is 7.40. The van der Waals surface area contributed by atoms with Crippen LogP contribution in [0.3, 0.4) is 0 Å². The summed E-state index contributed by atoms with van der Waals surface area (Å²) in [5.41, 5.74) is 6.72. The van der Waals surface area contributed by atoms with Crippen molar-refractivity contribution in [2.45, 2.75) is 45.1 Å². The smallest absolute Gasteiger partial charge is 0.254 e. The number of nitrogens with two attached hydrogens (primary N) is 1. The molecule has 1 fully saturated rings. The molecule has 1 amide bonds. The van der Waals surface area contributed by atoms with Crippen molar-refractivity contribution in [1.29, 1.82) is 0 Å². The maximum atomic E-state index is 13.3.